The highest BCUT2D eigenvalue weighted by molar-refractivity contribution is 5.88. The van der Waals surface area contributed by atoms with Gasteiger partial charge < -0.3 is 4.90 Å². The second-order valence-corrected chi connectivity index (χ2v) is 16.9. The predicted molar refractivity (Wildman–Crippen MR) is 216 cm³/mol. The summed E-state index contributed by atoms with van der Waals surface area (Å²) in [7, 11) is 0. The molecule has 1 heteroatoms. The molecule has 0 aromatic heterocycles. The summed E-state index contributed by atoms with van der Waals surface area (Å²) in [6.07, 6.45) is 4.96. The largest absolute Gasteiger partial charge is 0.371 e. The lowest BCUT2D eigenvalue weighted by Gasteiger charge is -2.37. The number of benzene rings is 6. The molecule has 6 aromatic rings. The van der Waals surface area contributed by atoms with Crippen LogP contribution in [-0.4, -0.2) is 13.1 Å². The Labute approximate surface area is 304 Å². The summed E-state index contributed by atoms with van der Waals surface area (Å²) in [5.41, 5.74) is 26.5. The van der Waals surface area contributed by atoms with Crippen LogP contribution in [0.15, 0.2) is 103 Å². The molecule has 51 heavy (non-hydrogen) atoms. The third-order valence-corrected chi connectivity index (χ3v) is 13.1. The summed E-state index contributed by atoms with van der Waals surface area (Å²) in [6, 6.07) is 40.4. The lowest BCUT2D eigenvalue weighted by atomic mass is 9.80. The lowest BCUT2D eigenvalue weighted by molar-refractivity contribution is 0.634. The third-order valence-electron chi connectivity index (χ3n) is 13.1. The van der Waals surface area contributed by atoms with E-state index in [-0.39, 0.29) is 10.8 Å². The Morgan fingerprint density at radius 2 is 0.882 bits per heavy atom. The summed E-state index contributed by atoms with van der Waals surface area (Å²) in [5, 5.41) is 0. The van der Waals surface area contributed by atoms with Crippen molar-refractivity contribution in [3.8, 4) is 55.6 Å². The molecule has 4 aliphatic rings. The van der Waals surface area contributed by atoms with Gasteiger partial charge in [-0.15, -0.1) is 0 Å². The van der Waals surface area contributed by atoms with Crippen LogP contribution < -0.4 is 4.90 Å². The summed E-state index contributed by atoms with van der Waals surface area (Å²) in [4.78, 5) is 2.64. The minimum absolute atomic E-state index is 0.00119. The molecule has 2 aliphatic heterocycles. The average Bonchev–Trinajstić information content (AvgIpc) is 3.51. The molecule has 0 atom stereocenters. The van der Waals surface area contributed by atoms with Crippen LogP contribution in [0.4, 0.5) is 5.69 Å². The predicted octanol–water partition coefficient (Wildman–Crippen LogP) is 12.6. The molecule has 252 valence electrons. The number of hydrogen-bond donors (Lipinski definition) is 0. The highest BCUT2D eigenvalue weighted by Gasteiger charge is 2.37. The van der Waals surface area contributed by atoms with Crippen molar-refractivity contribution in [3.05, 3.63) is 148 Å². The molecule has 0 spiro atoms. The van der Waals surface area contributed by atoms with Crippen molar-refractivity contribution in [2.24, 2.45) is 0 Å². The second kappa shape index (κ2) is 10.8. The fourth-order valence-electron chi connectivity index (χ4n) is 10.4. The number of nitrogens with zero attached hydrogens (tertiary/aromatic N) is 1. The van der Waals surface area contributed by atoms with Crippen molar-refractivity contribution in [2.45, 2.75) is 78.1 Å². The van der Waals surface area contributed by atoms with Crippen molar-refractivity contribution in [2.75, 3.05) is 18.0 Å². The highest BCUT2D eigenvalue weighted by atomic mass is 15.1. The number of hydrogen-bond acceptors (Lipinski definition) is 1. The van der Waals surface area contributed by atoms with Gasteiger partial charge in [-0.1, -0.05) is 100 Å². The van der Waals surface area contributed by atoms with Crippen LogP contribution in [0.1, 0.15) is 85.0 Å². The molecule has 6 aromatic carbocycles. The van der Waals surface area contributed by atoms with Crippen LogP contribution in [0.25, 0.3) is 55.6 Å². The standard InChI is InChI=1S/C50H47N/c1-30-24-43(31(2)23-42(30)33-16-19-39-38-13-7-8-14-44(38)49(3,4)46(39)28-33)34-17-20-41-40-18-15-32(27-45(40)50(5,6)47(41)29-34)37-25-35-11-9-21-51-22-10-12-36(26-37)48(35)51/h7-8,13-20,23-29H,9-12,21-22H2,1-6H3. The van der Waals surface area contributed by atoms with E-state index >= 15 is 0 Å². The Balaban J connectivity index is 0.995. The van der Waals surface area contributed by atoms with Gasteiger partial charge in [0, 0.05) is 29.6 Å². The maximum absolute atomic E-state index is 2.64. The Hall–Kier alpha value is -4.88. The quantitative estimate of drug-likeness (QED) is 0.182. The first-order valence-electron chi connectivity index (χ1n) is 19.2. The molecule has 2 heterocycles. The molecule has 0 saturated heterocycles. The molecule has 0 saturated carbocycles. The van der Waals surface area contributed by atoms with Crippen LogP contribution in [0.5, 0.6) is 0 Å². The van der Waals surface area contributed by atoms with Crippen molar-refractivity contribution < 1.29 is 0 Å². The van der Waals surface area contributed by atoms with Crippen LogP contribution in [0.2, 0.25) is 0 Å². The number of aryl methyl sites for hydroxylation is 4. The average molecular weight is 662 g/mol. The van der Waals surface area contributed by atoms with Gasteiger partial charge in [0.15, 0.2) is 0 Å². The van der Waals surface area contributed by atoms with Gasteiger partial charge in [0.2, 0.25) is 0 Å². The van der Waals surface area contributed by atoms with E-state index in [0.29, 0.717) is 0 Å². The van der Waals surface area contributed by atoms with E-state index in [1.54, 1.807) is 16.8 Å². The van der Waals surface area contributed by atoms with Gasteiger partial charge in [0.1, 0.15) is 0 Å². The van der Waals surface area contributed by atoms with Crippen molar-refractivity contribution >= 4 is 5.69 Å². The Morgan fingerprint density at radius 3 is 1.43 bits per heavy atom. The van der Waals surface area contributed by atoms with E-state index in [0.717, 1.165) is 0 Å². The Bertz CT molecular complexity index is 2420. The number of rotatable bonds is 3. The molecule has 2 aliphatic carbocycles. The molecule has 1 nitrogen and oxygen atoms in total. The van der Waals surface area contributed by atoms with E-state index in [9.17, 15) is 0 Å². The second-order valence-electron chi connectivity index (χ2n) is 16.9. The molecule has 0 radical (unpaired) electrons. The van der Waals surface area contributed by atoms with Crippen molar-refractivity contribution in [3.63, 3.8) is 0 Å². The topological polar surface area (TPSA) is 3.24 Å². The zero-order valence-electron chi connectivity index (χ0n) is 31.0. The van der Waals surface area contributed by atoms with Gasteiger partial charge >= 0.3 is 0 Å². The normalized spacial score (nSPS) is 17.0. The zero-order valence-corrected chi connectivity index (χ0v) is 31.0. The maximum Gasteiger partial charge on any atom is 0.0431 e. The summed E-state index contributed by atoms with van der Waals surface area (Å²) < 4.78 is 0. The Morgan fingerprint density at radius 1 is 0.431 bits per heavy atom. The molecule has 0 N–H and O–H groups in total. The molecule has 0 fully saturated rings. The van der Waals surface area contributed by atoms with Crippen LogP contribution in [0, 0.1) is 13.8 Å². The maximum atomic E-state index is 2.64. The van der Waals surface area contributed by atoms with Gasteiger partial charge in [-0.25, -0.2) is 0 Å². The SMILES string of the molecule is Cc1cc(-c2ccc3c(c2)C(C)(C)c2cc(-c4cc5c6c(c4)CCCN6CCC5)ccc2-3)c(C)cc1-c1ccc2c(c1)C(C)(C)c1ccccc1-2. The fourth-order valence-corrected chi connectivity index (χ4v) is 10.4. The third kappa shape index (κ3) is 4.46. The molecular formula is C50H47N. The van der Waals surface area contributed by atoms with E-state index < -0.39 is 0 Å². The van der Waals surface area contributed by atoms with Gasteiger partial charge in [0.05, 0.1) is 0 Å². The van der Waals surface area contributed by atoms with E-state index in [2.05, 4.69) is 150 Å². The van der Waals surface area contributed by atoms with Gasteiger partial charge in [-0.2, -0.15) is 0 Å². The molecule has 0 bridgehead atoms. The van der Waals surface area contributed by atoms with Gasteiger partial charge in [-0.3, -0.25) is 0 Å². The molecule has 0 amide bonds. The van der Waals surface area contributed by atoms with Crippen molar-refractivity contribution in [1.29, 1.82) is 0 Å². The number of anilines is 1. The van der Waals surface area contributed by atoms with Crippen LogP contribution >= 0.6 is 0 Å². The fraction of sp³-hybridized carbons (Fsp3) is 0.280. The minimum Gasteiger partial charge on any atom is -0.371 e. The van der Waals surface area contributed by atoms with E-state index in [1.165, 1.54) is 128 Å². The molecular weight excluding hydrogens is 615 g/mol. The summed E-state index contributed by atoms with van der Waals surface area (Å²) >= 11 is 0. The van der Waals surface area contributed by atoms with Gasteiger partial charge in [-0.05, 0) is 170 Å². The zero-order chi connectivity index (χ0) is 34.8. The smallest absolute Gasteiger partial charge is 0.0431 e. The first kappa shape index (κ1) is 30.9. The highest BCUT2D eigenvalue weighted by Crippen LogP contribution is 2.52. The van der Waals surface area contributed by atoms with E-state index in [4.69, 9.17) is 0 Å². The summed E-state index contributed by atoms with van der Waals surface area (Å²) in [5.74, 6) is 0. The van der Waals surface area contributed by atoms with E-state index in [1.807, 2.05) is 0 Å². The first-order chi connectivity index (χ1) is 24.6. The molecule has 10 rings (SSSR count). The van der Waals surface area contributed by atoms with Crippen LogP contribution in [0.3, 0.4) is 0 Å². The first-order valence-corrected chi connectivity index (χ1v) is 19.2. The minimum atomic E-state index is -0.0757. The number of fused-ring (bicyclic) bond motifs is 6. The lowest BCUT2D eigenvalue weighted by Crippen LogP contribution is -2.34. The molecule has 0 unspecified atom stereocenters. The van der Waals surface area contributed by atoms with Crippen molar-refractivity contribution in [1.82, 2.24) is 0 Å². The van der Waals surface area contributed by atoms with Crippen LogP contribution in [-0.2, 0) is 23.7 Å². The Kier molecular flexibility index (Phi) is 6.55. The van der Waals surface area contributed by atoms with Gasteiger partial charge in [0.25, 0.3) is 0 Å². The monoisotopic (exact) mass is 661 g/mol. The summed E-state index contributed by atoms with van der Waals surface area (Å²) in [6.45, 7) is 16.6.